The minimum Gasteiger partial charge on any atom is -0.771 e. The van der Waals surface area contributed by atoms with E-state index in [0.717, 1.165) is 45.9 Å². The van der Waals surface area contributed by atoms with Crippen molar-refractivity contribution in [2.24, 2.45) is 0 Å². The molecule has 2 unspecified atom stereocenters. The summed E-state index contributed by atoms with van der Waals surface area (Å²) >= 11 is -2.68. The maximum Gasteiger partial charge on any atom is 0.243 e. The number of hydrogen-bond donors (Lipinski definition) is 1. The average molecular weight is 584 g/mol. The molecule has 6 nitrogen and oxygen atoms in total. The Morgan fingerprint density at radius 3 is 1.86 bits per heavy atom. The van der Waals surface area contributed by atoms with Crippen LogP contribution in [-0.4, -0.2) is 33.7 Å². The molecular weight excluding hydrogens is 544 g/mol. The van der Waals surface area contributed by atoms with E-state index in [1.54, 1.807) is 0 Å². The van der Waals surface area contributed by atoms with E-state index in [0.29, 0.717) is 11.3 Å². The third-order valence-electron chi connectivity index (χ3n) is 7.07. The van der Waals surface area contributed by atoms with Gasteiger partial charge < -0.3 is 19.5 Å². The normalized spacial score (nSPS) is 12.9. The maximum absolute atomic E-state index is 13.6. The highest BCUT2D eigenvalue weighted by molar-refractivity contribution is 7.80. The predicted octanol–water partition coefficient (Wildman–Crippen LogP) is 8.01. The third kappa shape index (κ3) is 7.73. The number of nitrogens with one attached hydrogen (secondary N) is 1. The Morgan fingerprint density at radius 1 is 0.810 bits per heavy atom. The summed E-state index contributed by atoms with van der Waals surface area (Å²) in [6.45, 7) is 8.86. The van der Waals surface area contributed by atoms with Gasteiger partial charge in [-0.1, -0.05) is 82.3 Å². The number of para-hydroxylation sites is 1. The van der Waals surface area contributed by atoms with Crippen LogP contribution >= 0.6 is 0 Å². The molecule has 4 aromatic carbocycles. The largest absolute Gasteiger partial charge is 0.771 e. The second-order valence-electron chi connectivity index (χ2n) is 11.4. The van der Waals surface area contributed by atoms with E-state index < -0.39 is 22.2 Å². The van der Waals surface area contributed by atoms with Crippen molar-refractivity contribution in [3.8, 4) is 22.6 Å². The Balaban J connectivity index is 1.69. The fraction of sp³-hybridized carbons (Fsp3) is 0.286. The van der Waals surface area contributed by atoms with Crippen LogP contribution in [0.15, 0.2) is 91.0 Å². The Labute approximate surface area is 252 Å². The summed E-state index contributed by atoms with van der Waals surface area (Å²) in [5, 5.41) is 1.50. The van der Waals surface area contributed by atoms with E-state index in [1.807, 2.05) is 133 Å². The maximum atomic E-state index is 13.6. The Bertz CT molecular complexity index is 1490. The van der Waals surface area contributed by atoms with Gasteiger partial charge in [0.2, 0.25) is 5.91 Å². The van der Waals surface area contributed by atoms with Gasteiger partial charge in [-0.15, -0.1) is 0 Å². The van der Waals surface area contributed by atoms with Crippen LogP contribution in [0.3, 0.4) is 0 Å². The summed E-state index contributed by atoms with van der Waals surface area (Å²) in [5.74, 6) is 0.897. The number of nitrogens with zero attached hydrogens (tertiary/aromatic N) is 1. The molecule has 4 aromatic rings. The summed E-state index contributed by atoms with van der Waals surface area (Å²) in [6, 6.07) is 29.0. The molecule has 42 heavy (non-hydrogen) atoms. The van der Waals surface area contributed by atoms with Crippen LogP contribution in [0.5, 0.6) is 11.5 Å². The van der Waals surface area contributed by atoms with Crippen molar-refractivity contribution in [1.29, 1.82) is 0 Å². The molecule has 220 valence electrons. The summed E-state index contributed by atoms with van der Waals surface area (Å²) in [6.07, 6.45) is 0. The first-order chi connectivity index (χ1) is 20.0. The number of anilines is 1. The quantitative estimate of drug-likeness (QED) is 0.181. The van der Waals surface area contributed by atoms with Gasteiger partial charge in [0.05, 0.1) is 0 Å². The summed E-state index contributed by atoms with van der Waals surface area (Å²) in [4.78, 5) is 15.6. The van der Waals surface area contributed by atoms with Crippen LogP contribution in [0, 0.1) is 0 Å². The molecule has 0 fully saturated rings. The van der Waals surface area contributed by atoms with E-state index >= 15 is 0 Å². The fourth-order valence-corrected chi connectivity index (χ4v) is 5.74. The highest BCUT2D eigenvalue weighted by Crippen LogP contribution is 2.39. The van der Waals surface area contributed by atoms with Crippen LogP contribution in [0.4, 0.5) is 5.69 Å². The zero-order valence-corrected chi connectivity index (χ0v) is 25.9. The number of benzene rings is 4. The first kappa shape index (κ1) is 31.2. The van der Waals surface area contributed by atoms with Crippen molar-refractivity contribution in [2.45, 2.75) is 51.3 Å². The van der Waals surface area contributed by atoms with E-state index in [1.165, 1.54) is 0 Å². The molecule has 0 radical (unpaired) electrons. The van der Waals surface area contributed by atoms with Gasteiger partial charge in [-0.3, -0.25) is 9.00 Å². The smallest absolute Gasteiger partial charge is 0.243 e. The van der Waals surface area contributed by atoms with Crippen LogP contribution in [-0.2, 0) is 22.4 Å². The molecule has 0 bridgehead atoms. The zero-order chi connectivity index (χ0) is 30.4. The first-order valence-corrected chi connectivity index (χ1v) is 15.3. The van der Waals surface area contributed by atoms with Crippen LogP contribution in [0.25, 0.3) is 11.1 Å². The molecule has 4 rings (SSSR count). The lowest BCUT2D eigenvalue weighted by Crippen LogP contribution is -2.27. The lowest BCUT2D eigenvalue weighted by Gasteiger charge is -2.28. The second-order valence-corrected chi connectivity index (χ2v) is 12.4. The molecule has 0 heterocycles. The van der Waals surface area contributed by atoms with E-state index in [9.17, 15) is 13.6 Å². The Hall–Kier alpha value is -3.78. The lowest BCUT2D eigenvalue weighted by molar-refractivity contribution is -0.116. The molecule has 0 saturated heterocycles. The lowest BCUT2D eigenvalue weighted by atomic mass is 9.83. The van der Waals surface area contributed by atoms with Gasteiger partial charge in [0, 0.05) is 12.2 Å². The number of rotatable bonds is 11. The van der Waals surface area contributed by atoms with Crippen molar-refractivity contribution >= 4 is 22.7 Å². The number of carbonyl (C=O) groups is 1. The second kappa shape index (κ2) is 13.9. The zero-order valence-electron chi connectivity index (χ0n) is 25.1. The first-order valence-electron chi connectivity index (χ1n) is 14.2. The molecule has 0 spiro atoms. The Morgan fingerprint density at radius 2 is 1.36 bits per heavy atom. The van der Waals surface area contributed by atoms with E-state index in [2.05, 4.69) is 10.2 Å². The molecule has 7 heteroatoms. The van der Waals surface area contributed by atoms with Crippen LogP contribution in [0.1, 0.15) is 67.0 Å². The van der Waals surface area contributed by atoms with Crippen molar-refractivity contribution in [3.63, 3.8) is 0 Å². The van der Waals surface area contributed by atoms with Gasteiger partial charge in [-0.25, -0.2) is 0 Å². The summed E-state index contributed by atoms with van der Waals surface area (Å²) < 4.78 is 31.4. The topological polar surface area (TPSA) is 81.7 Å². The number of carbonyl (C=O) groups excluding carboxylic acids is 1. The number of ether oxygens (including phenoxy) is 1. The number of amides is 1. The molecule has 1 N–H and O–H groups in total. The van der Waals surface area contributed by atoms with Crippen LogP contribution in [0.2, 0.25) is 0 Å². The third-order valence-corrected chi connectivity index (χ3v) is 7.90. The van der Waals surface area contributed by atoms with Gasteiger partial charge in [0.25, 0.3) is 0 Å². The standard InChI is InChI=1S/C35H40N2O4S/c1-23(2)31-20-27(26-14-18-30(19-15-26)41-29-10-8-7-9-11-29)21-32(24(3)4)33(31)34(42(39)40)35(38)36-28-16-12-25(13-17-28)22-37(5)6/h7-21,23-24,34H,22H2,1-6H3,(H,36,38)(H,39,40)/p-1. The molecule has 0 saturated carbocycles. The summed E-state index contributed by atoms with van der Waals surface area (Å²) in [5.41, 5.74) is 5.84. The minimum atomic E-state index is -2.68. The minimum absolute atomic E-state index is 0.0118. The summed E-state index contributed by atoms with van der Waals surface area (Å²) in [7, 11) is 3.98. The Kier molecular flexibility index (Phi) is 10.3. The van der Waals surface area contributed by atoms with Crippen LogP contribution < -0.4 is 10.1 Å². The average Bonchev–Trinajstić information content (AvgIpc) is 2.94. The molecule has 0 aromatic heterocycles. The predicted molar refractivity (Wildman–Crippen MR) is 171 cm³/mol. The highest BCUT2D eigenvalue weighted by atomic mass is 32.2. The van der Waals surface area contributed by atoms with E-state index in [-0.39, 0.29) is 11.8 Å². The van der Waals surface area contributed by atoms with Gasteiger partial charge in [0.1, 0.15) is 16.7 Å². The molecule has 0 aliphatic rings. The van der Waals surface area contributed by atoms with Crippen molar-refractivity contribution in [3.05, 3.63) is 113 Å². The molecule has 2 atom stereocenters. The molecule has 0 aliphatic carbocycles. The van der Waals surface area contributed by atoms with Crippen molar-refractivity contribution in [1.82, 2.24) is 4.90 Å². The van der Waals surface area contributed by atoms with Gasteiger partial charge in [-0.05, 0) is 107 Å². The molecule has 0 aliphatic heterocycles. The monoisotopic (exact) mass is 583 g/mol. The fourth-order valence-electron chi connectivity index (χ4n) is 5.04. The highest BCUT2D eigenvalue weighted by Gasteiger charge is 2.30. The van der Waals surface area contributed by atoms with Gasteiger partial charge in [0.15, 0.2) is 0 Å². The van der Waals surface area contributed by atoms with Crippen molar-refractivity contribution < 1.29 is 18.3 Å². The van der Waals surface area contributed by atoms with Gasteiger partial charge in [-0.2, -0.15) is 0 Å². The molecular formula is C35H39N2O4S-. The van der Waals surface area contributed by atoms with E-state index in [4.69, 9.17) is 4.74 Å². The van der Waals surface area contributed by atoms with Crippen molar-refractivity contribution in [2.75, 3.05) is 19.4 Å². The SMILES string of the molecule is CC(C)c1cc(-c2ccc(Oc3ccccc3)cc2)cc(C(C)C)c1C(C(=O)Nc1ccc(CN(C)C)cc1)S(=O)[O-]. The molecule has 1 amide bonds. The number of hydrogen-bond acceptors (Lipinski definition) is 5. The van der Waals surface area contributed by atoms with Gasteiger partial charge >= 0.3 is 0 Å².